The quantitative estimate of drug-likeness (QED) is 0.464. The first-order valence-corrected chi connectivity index (χ1v) is 5.42. The van der Waals surface area contributed by atoms with Crippen molar-refractivity contribution in [2.75, 3.05) is 6.61 Å². The summed E-state index contributed by atoms with van der Waals surface area (Å²) in [6.07, 6.45) is -3.64. The molecule has 0 unspecified atom stereocenters. The van der Waals surface area contributed by atoms with E-state index in [0.29, 0.717) is 6.07 Å². The van der Waals surface area contributed by atoms with Crippen LogP contribution >= 0.6 is 0 Å². The SMILES string of the molecule is CCOC(=O)Cc1nc(C#N)c(C(F)F)cc1[N+](=O)[O-]. The zero-order chi connectivity index (χ0) is 15.3. The first-order chi connectivity index (χ1) is 9.40. The van der Waals surface area contributed by atoms with E-state index in [9.17, 15) is 23.7 Å². The second-order valence-corrected chi connectivity index (χ2v) is 3.54. The predicted octanol–water partition coefficient (Wildman–Crippen LogP) is 1.90. The molecule has 7 nitrogen and oxygen atoms in total. The largest absolute Gasteiger partial charge is 0.466 e. The normalized spacial score (nSPS) is 10.2. The summed E-state index contributed by atoms with van der Waals surface area (Å²) < 4.78 is 29.9. The molecule has 0 saturated carbocycles. The molecule has 0 aliphatic carbocycles. The van der Waals surface area contributed by atoms with Crippen molar-refractivity contribution < 1.29 is 23.2 Å². The lowest BCUT2D eigenvalue weighted by atomic mass is 10.1. The number of nitrogens with zero attached hydrogens (tertiary/aromatic N) is 3. The zero-order valence-corrected chi connectivity index (χ0v) is 10.3. The summed E-state index contributed by atoms with van der Waals surface area (Å²) in [5, 5.41) is 19.5. The minimum atomic E-state index is -3.08. The van der Waals surface area contributed by atoms with E-state index in [-0.39, 0.29) is 12.3 Å². The van der Waals surface area contributed by atoms with Gasteiger partial charge in [-0.3, -0.25) is 14.9 Å². The lowest BCUT2D eigenvalue weighted by Gasteiger charge is -2.06. The highest BCUT2D eigenvalue weighted by molar-refractivity contribution is 5.73. The van der Waals surface area contributed by atoms with Gasteiger partial charge in [-0.1, -0.05) is 0 Å². The van der Waals surface area contributed by atoms with E-state index in [1.807, 2.05) is 0 Å². The van der Waals surface area contributed by atoms with Crippen molar-refractivity contribution in [2.45, 2.75) is 19.8 Å². The molecule has 1 aromatic heterocycles. The van der Waals surface area contributed by atoms with Crippen LogP contribution in [0.15, 0.2) is 6.07 Å². The molecule has 1 rings (SSSR count). The number of ether oxygens (including phenoxy) is 1. The van der Waals surface area contributed by atoms with Gasteiger partial charge < -0.3 is 4.74 Å². The van der Waals surface area contributed by atoms with Gasteiger partial charge in [0.2, 0.25) is 0 Å². The van der Waals surface area contributed by atoms with E-state index in [1.54, 1.807) is 6.92 Å². The molecule has 0 fully saturated rings. The minimum Gasteiger partial charge on any atom is -0.466 e. The Balaban J connectivity index is 3.32. The number of esters is 1. The molecule has 0 aliphatic heterocycles. The van der Waals surface area contributed by atoms with Crippen LogP contribution < -0.4 is 0 Å². The fraction of sp³-hybridized carbons (Fsp3) is 0.364. The van der Waals surface area contributed by atoms with Crippen LogP contribution in [-0.4, -0.2) is 22.5 Å². The van der Waals surface area contributed by atoms with E-state index in [4.69, 9.17) is 5.26 Å². The van der Waals surface area contributed by atoms with Crippen molar-refractivity contribution in [1.29, 1.82) is 5.26 Å². The molecule has 20 heavy (non-hydrogen) atoms. The Morgan fingerprint density at radius 1 is 1.65 bits per heavy atom. The highest BCUT2D eigenvalue weighted by Crippen LogP contribution is 2.28. The van der Waals surface area contributed by atoms with Crippen molar-refractivity contribution in [3.63, 3.8) is 0 Å². The standard InChI is InChI=1S/C11H9F2N3O4/c1-2-20-10(17)4-7-9(16(18)19)3-6(11(12)13)8(5-14)15-7/h3,11H,2,4H2,1H3. The monoisotopic (exact) mass is 285 g/mol. The van der Waals surface area contributed by atoms with Crippen LogP contribution in [0.2, 0.25) is 0 Å². The lowest BCUT2D eigenvalue weighted by molar-refractivity contribution is -0.386. The molecular weight excluding hydrogens is 276 g/mol. The summed E-state index contributed by atoms with van der Waals surface area (Å²) in [5.41, 5.74) is -2.61. The molecule has 0 aromatic carbocycles. The van der Waals surface area contributed by atoms with Gasteiger partial charge in [-0.05, 0) is 6.92 Å². The number of nitriles is 1. The van der Waals surface area contributed by atoms with Crippen molar-refractivity contribution in [3.05, 3.63) is 33.1 Å². The van der Waals surface area contributed by atoms with Gasteiger partial charge in [-0.15, -0.1) is 0 Å². The number of alkyl halides is 2. The number of rotatable bonds is 5. The van der Waals surface area contributed by atoms with Crippen molar-refractivity contribution in [1.82, 2.24) is 4.98 Å². The van der Waals surface area contributed by atoms with Crippen LogP contribution in [0.4, 0.5) is 14.5 Å². The van der Waals surface area contributed by atoms with Crippen LogP contribution in [0.5, 0.6) is 0 Å². The van der Waals surface area contributed by atoms with Crippen molar-refractivity contribution in [3.8, 4) is 6.07 Å². The molecule has 0 saturated heterocycles. The molecule has 1 aromatic rings. The summed E-state index contributed by atoms with van der Waals surface area (Å²) >= 11 is 0. The molecule has 0 N–H and O–H groups in total. The molecule has 1 heterocycles. The molecule has 0 amide bonds. The van der Waals surface area contributed by atoms with Gasteiger partial charge in [0.05, 0.1) is 23.5 Å². The third kappa shape index (κ3) is 3.44. The topological polar surface area (TPSA) is 106 Å². The number of aromatic nitrogens is 1. The Morgan fingerprint density at radius 2 is 2.30 bits per heavy atom. The Bertz CT molecular complexity index is 584. The third-order valence-corrected chi connectivity index (χ3v) is 2.26. The summed E-state index contributed by atoms with van der Waals surface area (Å²) in [6.45, 7) is 1.60. The highest BCUT2D eigenvalue weighted by Gasteiger charge is 2.25. The third-order valence-electron chi connectivity index (χ3n) is 2.26. The molecule has 0 spiro atoms. The fourth-order valence-electron chi connectivity index (χ4n) is 1.45. The molecule has 0 atom stereocenters. The van der Waals surface area contributed by atoms with Gasteiger partial charge in [0.25, 0.3) is 12.1 Å². The first-order valence-electron chi connectivity index (χ1n) is 5.42. The molecule has 0 bridgehead atoms. The highest BCUT2D eigenvalue weighted by atomic mass is 19.3. The van der Waals surface area contributed by atoms with Gasteiger partial charge >= 0.3 is 5.97 Å². The first kappa shape index (κ1) is 15.4. The number of hydrogen-bond acceptors (Lipinski definition) is 6. The number of nitro groups is 1. The molecule has 106 valence electrons. The number of carbonyl (C=O) groups excluding carboxylic acids is 1. The van der Waals surface area contributed by atoms with Crippen LogP contribution in [0.1, 0.15) is 30.3 Å². The smallest absolute Gasteiger partial charge is 0.312 e. The number of hydrogen-bond donors (Lipinski definition) is 0. The van der Waals surface area contributed by atoms with E-state index in [0.717, 1.165) is 0 Å². The predicted molar refractivity (Wildman–Crippen MR) is 60.9 cm³/mol. The second kappa shape index (κ2) is 6.51. The van der Waals surface area contributed by atoms with E-state index in [2.05, 4.69) is 9.72 Å². The minimum absolute atomic E-state index is 0.0624. The maximum atomic E-state index is 12.7. The fourth-order valence-corrected chi connectivity index (χ4v) is 1.45. The van der Waals surface area contributed by atoms with E-state index in [1.165, 1.54) is 6.07 Å². The Hall–Kier alpha value is -2.63. The number of carbonyl (C=O) groups is 1. The average Bonchev–Trinajstić information content (AvgIpc) is 2.37. The zero-order valence-electron chi connectivity index (χ0n) is 10.3. The number of pyridine rings is 1. The summed E-state index contributed by atoms with van der Waals surface area (Å²) in [6, 6.07) is 1.98. The van der Waals surface area contributed by atoms with E-state index < -0.39 is 40.7 Å². The number of halogens is 2. The van der Waals surface area contributed by atoms with Gasteiger partial charge in [-0.2, -0.15) is 5.26 Å². The van der Waals surface area contributed by atoms with Gasteiger partial charge in [0.15, 0.2) is 0 Å². The van der Waals surface area contributed by atoms with Crippen LogP contribution in [0.3, 0.4) is 0 Å². The van der Waals surface area contributed by atoms with E-state index >= 15 is 0 Å². The van der Waals surface area contributed by atoms with Gasteiger partial charge in [-0.25, -0.2) is 13.8 Å². The molecular formula is C11H9F2N3O4. The molecule has 9 heteroatoms. The molecule has 0 radical (unpaired) electrons. The Labute approximate surface area is 111 Å². The van der Waals surface area contributed by atoms with Crippen molar-refractivity contribution in [2.24, 2.45) is 0 Å². The maximum Gasteiger partial charge on any atom is 0.312 e. The lowest BCUT2D eigenvalue weighted by Crippen LogP contribution is -2.12. The van der Waals surface area contributed by atoms with Crippen LogP contribution in [-0.2, 0) is 16.0 Å². The van der Waals surface area contributed by atoms with Gasteiger partial charge in [0, 0.05) is 6.07 Å². The Morgan fingerprint density at radius 3 is 2.75 bits per heavy atom. The summed E-state index contributed by atoms with van der Waals surface area (Å²) in [5.74, 6) is -0.795. The summed E-state index contributed by atoms with van der Waals surface area (Å²) in [4.78, 5) is 24.6. The van der Waals surface area contributed by atoms with Crippen LogP contribution in [0, 0.1) is 21.4 Å². The van der Waals surface area contributed by atoms with Crippen LogP contribution in [0.25, 0.3) is 0 Å². The van der Waals surface area contributed by atoms with Crippen molar-refractivity contribution >= 4 is 11.7 Å². The maximum absolute atomic E-state index is 12.7. The molecule has 0 aliphatic rings. The summed E-state index contributed by atoms with van der Waals surface area (Å²) in [7, 11) is 0. The van der Waals surface area contributed by atoms with Gasteiger partial charge in [0.1, 0.15) is 17.5 Å². The second-order valence-electron chi connectivity index (χ2n) is 3.54. The average molecular weight is 285 g/mol. The Kier molecular flexibility index (Phi) is 5.02.